The highest BCUT2D eigenvalue weighted by molar-refractivity contribution is 5.93. The number of ether oxygens (including phenoxy) is 1. The summed E-state index contributed by atoms with van der Waals surface area (Å²) < 4.78 is 4.19. The Morgan fingerprint density at radius 2 is 1.72 bits per heavy atom. The second kappa shape index (κ2) is 6.10. The van der Waals surface area contributed by atoms with Crippen molar-refractivity contribution in [1.29, 1.82) is 0 Å². The minimum Gasteiger partial charge on any atom is -0.481 e. The van der Waals surface area contributed by atoms with Gasteiger partial charge in [-0.1, -0.05) is 6.92 Å². The first-order valence-electron chi connectivity index (χ1n) is 5.05. The molecule has 0 radical (unpaired) electrons. The van der Waals surface area contributed by atoms with Gasteiger partial charge in [-0.2, -0.15) is 0 Å². The maximum Gasteiger partial charge on any atom is 0.337 e. The Bertz CT molecular complexity index is 374. The number of esters is 2. The Morgan fingerprint density at radius 1 is 1.22 bits per heavy atom. The van der Waals surface area contributed by atoms with E-state index in [-0.39, 0.29) is 6.42 Å². The largest absolute Gasteiger partial charge is 0.481 e. The minimum atomic E-state index is -2.81. The Morgan fingerprint density at radius 3 is 2.00 bits per heavy atom. The van der Waals surface area contributed by atoms with Gasteiger partial charge in [-0.05, 0) is 6.42 Å². The van der Waals surface area contributed by atoms with Gasteiger partial charge < -0.3 is 20.1 Å². The number of hydrogen-bond donors (Lipinski definition) is 3. The van der Waals surface area contributed by atoms with Crippen molar-refractivity contribution in [2.45, 2.75) is 32.3 Å². The third kappa shape index (κ3) is 3.81. The van der Waals surface area contributed by atoms with Gasteiger partial charge in [0.1, 0.15) is 0 Å². The molecule has 0 aromatic rings. The standard InChI is InChI=1S/C10H14O8/c1-3-6(8(14)18-5(2)11)10(17,9(15)16)4-7(12)13/h6,17H,3-4H2,1-2H3,(H,12,13)(H,15,16). The Balaban J connectivity index is 5.28. The molecule has 8 nitrogen and oxygen atoms in total. The van der Waals surface area contributed by atoms with Gasteiger partial charge in [-0.25, -0.2) is 4.79 Å². The molecule has 3 N–H and O–H groups in total. The second-order valence-corrected chi connectivity index (χ2v) is 3.67. The molecule has 0 aliphatic rings. The normalized spacial score (nSPS) is 15.3. The maximum absolute atomic E-state index is 11.5. The summed E-state index contributed by atoms with van der Waals surface area (Å²) in [7, 11) is 0. The molecule has 0 spiro atoms. The molecular weight excluding hydrogens is 248 g/mol. The summed E-state index contributed by atoms with van der Waals surface area (Å²) in [5.74, 6) is -7.33. The van der Waals surface area contributed by atoms with Gasteiger partial charge in [0.2, 0.25) is 0 Å². The number of rotatable bonds is 6. The van der Waals surface area contributed by atoms with Crippen LogP contribution in [0.3, 0.4) is 0 Å². The number of hydrogen-bond acceptors (Lipinski definition) is 6. The van der Waals surface area contributed by atoms with Gasteiger partial charge >= 0.3 is 23.9 Å². The maximum atomic E-state index is 11.5. The van der Waals surface area contributed by atoms with E-state index in [2.05, 4.69) is 4.74 Å². The van der Waals surface area contributed by atoms with E-state index in [0.29, 0.717) is 0 Å². The molecule has 2 atom stereocenters. The molecule has 0 aliphatic heterocycles. The first-order chi connectivity index (χ1) is 8.15. The van der Waals surface area contributed by atoms with Crippen molar-refractivity contribution in [3.8, 4) is 0 Å². The van der Waals surface area contributed by atoms with Crippen molar-refractivity contribution < 1.29 is 39.2 Å². The number of aliphatic carboxylic acids is 2. The molecule has 0 bridgehead atoms. The summed E-state index contributed by atoms with van der Waals surface area (Å²) in [6, 6.07) is 0. The third-order valence-electron chi connectivity index (χ3n) is 2.30. The molecule has 0 aromatic carbocycles. The molecule has 0 rings (SSSR count). The monoisotopic (exact) mass is 262 g/mol. The highest BCUT2D eigenvalue weighted by Crippen LogP contribution is 2.26. The summed E-state index contributed by atoms with van der Waals surface area (Å²) in [6.07, 6.45) is -1.37. The Labute approximate surface area is 102 Å². The van der Waals surface area contributed by atoms with Crippen molar-refractivity contribution in [3.63, 3.8) is 0 Å². The van der Waals surface area contributed by atoms with Crippen molar-refractivity contribution >= 4 is 23.9 Å². The van der Waals surface area contributed by atoms with Crippen LogP contribution in [0.2, 0.25) is 0 Å². The first kappa shape index (κ1) is 16.0. The van der Waals surface area contributed by atoms with Crippen LogP contribution >= 0.6 is 0 Å². The van der Waals surface area contributed by atoms with Crippen LogP contribution in [0.1, 0.15) is 26.7 Å². The summed E-state index contributed by atoms with van der Waals surface area (Å²) in [4.78, 5) is 43.5. The molecule has 0 amide bonds. The lowest BCUT2D eigenvalue weighted by atomic mass is 9.82. The SMILES string of the molecule is CCC(C(=O)OC(C)=O)C(O)(CC(=O)O)C(=O)O. The van der Waals surface area contributed by atoms with Gasteiger partial charge in [0, 0.05) is 6.92 Å². The quantitative estimate of drug-likeness (QED) is 0.425. The smallest absolute Gasteiger partial charge is 0.337 e. The van der Waals surface area contributed by atoms with Crippen molar-refractivity contribution in [2.24, 2.45) is 5.92 Å². The predicted molar refractivity (Wildman–Crippen MR) is 55.4 cm³/mol. The van der Waals surface area contributed by atoms with E-state index in [1.807, 2.05) is 0 Å². The van der Waals surface area contributed by atoms with E-state index in [4.69, 9.17) is 10.2 Å². The predicted octanol–water partition coefficient (Wildman–Crippen LogP) is -0.607. The molecule has 0 heterocycles. The number of carbonyl (C=O) groups excluding carboxylic acids is 2. The van der Waals surface area contributed by atoms with Crippen LogP contribution in [0.15, 0.2) is 0 Å². The zero-order chi connectivity index (χ0) is 14.5. The van der Waals surface area contributed by atoms with Crippen LogP contribution in [0.5, 0.6) is 0 Å². The fourth-order valence-electron chi connectivity index (χ4n) is 1.49. The highest BCUT2D eigenvalue weighted by atomic mass is 16.6. The summed E-state index contributed by atoms with van der Waals surface area (Å²) in [5.41, 5.74) is -2.81. The zero-order valence-corrected chi connectivity index (χ0v) is 9.87. The van der Waals surface area contributed by atoms with Crippen LogP contribution in [-0.4, -0.2) is 44.8 Å². The third-order valence-corrected chi connectivity index (χ3v) is 2.30. The molecule has 18 heavy (non-hydrogen) atoms. The Kier molecular flexibility index (Phi) is 5.44. The molecule has 102 valence electrons. The van der Waals surface area contributed by atoms with Crippen molar-refractivity contribution in [3.05, 3.63) is 0 Å². The lowest BCUT2D eigenvalue weighted by Crippen LogP contribution is -2.51. The highest BCUT2D eigenvalue weighted by Gasteiger charge is 2.50. The molecule has 0 aromatic heterocycles. The van der Waals surface area contributed by atoms with Gasteiger partial charge in [0.15, 0.2) is 5.60 Å². The van der Waals surface area contributed by atoms with E-state index in [1.165, 1.54) is 6.92 Å². The molecule has 2 unspecified atom stereocenters. The summed E-state index contributed by atoms with van der Waals surface area (Å²) in [6.45, 7) is 2.30. The number of aliphatic hydroxyl groups is 1. The van der Waals surface area contributed by atoms with Crippen LogP contribution in [-0.2, 0) is 23.9 Å². The van der Waals surface area contributed by atoms with Crippen LogP contribution < -0.4 is 0 Å². The van der Waals surface area contributed by atoms with E-state index in [0.717, 1.165) is 6.92 Å². The fourth-order valence-corrected chi connectivity index (χ4v) is 1.49. The molecule has 0 saturated heterocycles. The zero-order valence-electron chi connectivity index (χ0n) is 9.87. The number of carbonyl (C=O) groups is 4. The fraction of sp³-hybridized carbons (Fsp3) is 0.600. The lowest BCUT2D eigenvalue weighted by Gasteiger charge is -2.28. The molecular formula is C10H14O8. The minimum absolute atomic E-state index is 0.192. The number of carboxylic acids is 2. The molecule has 0 aliphatic carbocycles. The van der Waals surface area contributed by atoms with Crippen LogP contribution in [0.4, 0.5) is 0 Å². The van der Waals surface area contributed by atoms with Crippen molar-refractivity contribution in [1.82, 2.24) is 0 Å². The van der Waals surface area contributed by atoms with E-state index in [9.17, 15) is 24.3 Å². The van der Waals surface area contributed by atoms with Crippen LogP contribution in [0, 0.1) is 5.92 Å². The second-order valence-electron chi connectivity index (χ2n) is 3.67. The van der Waals surface area contributed by atoms with Crippen molar-refractivity contribution in [2.75, 3.05) is 0 Å². The van der Waals surface area contributed by atoms with Crippen LogP contribution in [0.25, 0.3) is 0 Å². The van der Waals surface area contributed by atoms with Gasteiger partial charge in [0.25, 0.3) is 0 Å². The summed E-state index contributed by atoms with van der Waals surface area (Å²) in [5, 5.41) is 27.2. The number of carboxylic acid groups (broad SMARTS) is 2. The van der Waals surface area contributed by atoms with Gasteiger partial charge in [-0.15, -0.1) is 0 Å². The Hall–Kier alpha value is -1.96. The summed E-state index contributed by atoms with van der Waals surface area (Å²) >= 11 is 0. The molecule has 0 saturated carbocycles. The topological polar surface area (TPSA) is 138 Å². The average molecular weight is 262 g/mol. The molecule has 0 fully saturated rings. The first-order valence-corrected chi connectivity index (χ1v) is 5.05. The van der Waals surface area contributed by atoms with Gasteiger partial charge in [0.05, 0.1) is 12.3 Å². The van der Waals surface area contributed by atoms with E-state index in [1.54, 1.807) is 0 Å². The lowest BCUT2D eigenvalue weighted by molar-refractivity contribution is -0.183. The van der Waals surface area contributed by atoms with E-state index >= 15 is 0 Å². The average Bonchev–Trinajstić information content (AvgIpc) is 2.15. The van der Waals surface area contributed by atoms with E-state index < -0.39 is 41.8 Å². The molecule has 8 heteroatoms. The van der Waals surface area contributed by atoms with Gasteiger partial charge in [-0.3, -0.25) is 14.4 Å².